The SMILES string of the molecule is FC(F)(F)c1ccccc1NC1CCC2CCCCC2C1. The lowest BCUT2D eigenvalue weighted by Crippen LogP contribution is -2.34. The van der Waals surface area contributed by atoms with Crippen LogP contribution >= 0.6 is 0 Å². The molecule has 2 aliphatic carbocycles. The summed E-state index contributed by atoms with van der Waals surface area (Å²) in [5.41, 5.74) is -0.306. The normalized spacial score (nSPS) is 29.8. The van der Waals surface area contributed by atoms with E-state index in [4.69, 9.17) is 0 Å². The predicted octanol–water partition coefficient (Wildman–Crippen LogP) is 5.48. The zero-order valence-electron chi connectivity index (χ0n) is 12.1. The summed E-state index contributed by atoms with van der Waals surface area (Å²) in [6.07, 6.45) is 4.08. The van der Waals surface area contributed by atoms with Crippen LogP contribution in [0, 0.1) is 11.8 Å². The largest absolute Gasteiger partial charge is 0.418 e. The molecule has 2 aliphatic rings. The van der Waals surface area contributed by atoms with Crippen LogP contribution in [-0.4, -0.2) is 6.04 Å². The highest BCUT2D eigenvalue weighted by Gasteiger charge is 2.35. The highest BCUT2D eigenvalue weighted by molar-refractivity contribution is 5.53. The molecule has 4 heteroatoms. The maximum atomic E-state index is 13.0. The monoisotopic (exact) mass is 297 g/mol. The maximum absolute atomic E-state index is 13.0. The molecule has 3 atom stereocenters. The summed E-state index contributed by atoms with van der Waals surface area (Å²) < 4.78 is 39.1. The van der Waals surface area contributed by atoms with Crippen LogP contribution in [0.4, 0.5) is 18.9 Å². The first-order valence-corrected chi connectivity index (χ1v) is 7.97. The molecule has 0 heterocycles. The van der Waals surface area contributed by atoms with Gasteiger partial charge in [-0.15, -0.1) is 0 Å². The van der Waals surface area contributed by atoms with Gasteiger partial charge in [0.15, 0.2) is 0 Å². The quantitative estimate of drug-likeness (QED) is 0.762. The Bertz CT molecular complexity index is 483. The molecule has 0 amide bonds. The molecule has 3 unspecified atom stereocenters. The van der Waals surface area contributed by atoms with Gasteiger partial charge in [0.05, 0.1) is 5.56 Å². The number of alkyl halides is 3. The molecule has 116 valence electrons. The fraction of sp³-hybridized carbons (Fsp3) is 0.647. The molecule has 1 aromatic carbocycles. The lowest BCUT2D eigenvalue weighted by Gasteiger charge is -2.40. The third-order valence-electron chi connectivity index (χ3n) is 5.13. The van der Waals surface area contributed by atoms with Gasteiger partial charge in [0.2, 0.25) is 0 Å². The van der Waals surface area contributed by atoms with E-state index in [0.29, 0.717) is 5.92 Å². The number of benzene rings is 1. The van der Waals surface area contributed by atoms with Gasteiger partial charge in [-0.05, 0) is 43.2 Å². The Morgan fingerprint density at radius 2 is 1.62 bits per heavy atom. The van der Waals surface area contributed by atoms with Gasteiger partial charge < -0.3 is 5.32 Å². The second kappa shape index (κ2) is 5.90. The molecular formula is C17H22F3N. The molecule has 21 heavy (non-hydrogen) atoms. The molecule has 0 radical (unpaired) electrons. The number of anilines is 1. The van der Waals surface area contributed by atoms with E-state index in [1.165, 1.54) is 31.7 Å². The van der Waals surface area contributed by atoms with Crippen molar-refractivity contribution in [2.75, 3.05) is 5.32 Å². The zero-order chi connectivity index (χ0) is 14.9. The molecule has 0 aromatic heterocycles. The van der Waals surface area contributed by atoms with Crippen LogP contribution < -0.4 is 5.32 Å². The number of hydrogen-bond donors (Lipinski definition) is 1. The van der Waals surface area contributed by atoms with E-state index in [-0.39, 0.29) is 11.7 Å². The second-order valence-electron chi connectivity index (χ2n) is 6.50. The van der Waals surface area contributed by atoms with Crippen molar-refractivity contribution in [1.82, 2.24) is 0 Å². The summed E-state index contributed by atoms with van der Waals surface area (Å²) in [7, 11) is 0. The minimum atomic E-state index is -4.29. The van der Waals surface area contributed by atoms with Crippen molar-refractivity contribution in [1.29, 1.82) is 0 Å². The van der Waals surface area contributed by atoms with Gasteiger partial charge in [0.25, 0.3) is 0 Å². The van der Waals surface area contributed by atoms with Crippen molar-refractivity contribution < 1.29 is 13.2 Å². The fourth-order valence-corrected chi connectivity index (χ4v) is 4.08. The smallest absolute Gasteiger partial charge is 0.382 e. The van der Waals surface area contributed by atoms with Crippen molar-refractivity contribution in [3.8, 4) is 0 Å². The molecule has 0 bridgehead atoms. The van der Waals surface area contributed by atoms with Crippen LogP contribution in [0.25, 0.3) is 0 Å². The molecule has 1 aromatic rings. The van der Waals surface area contributed by atoms with Gasteiger partial charge in [0.1, 0.15) is 0 Å². The van der Waals surface area contributed by atoms with E-state index in [9.17, 15) is 13.2 Å². The van der Waals surface area contributed by atoms with Crippen LogP contribution in [-0.2, 0) is 6.18 Å². The first kappa shape index (κ1) is 14.7. The summed E-state index contributed by atoms with van der Waals surface area (Å²) in [5.74, 6) is 1.53. The Morgan fingerprint density at radius 1 is 0.905 bits per heavy atom. The first-order chi connectivity index (χ1) is 10.0. The van der Waals surface area contributed by atoms with E-state index in [0.717, 1.165) is 31.2 Å². The number of nitrogens with one attached hydrogen (secondary N) is 1. The number of hydrogen-bond acceptors (Lipinski definition) is 1. The average molecular weight is 297 g/mol. The number of fused-ring (bicyclic) bond motifs is 1. The van der Waals surface area contributed by atoms with Gasteiger partial charge in [-0.3, -0.25) is 0 Å². The molecule has 3 rings (SSSR count). The number of rotatable bonds is 2. The molecular weight excluding hydrogens is 275 g/mol. The van der Waals surface area contributed by atoms with E-state index in [2.05, 4.69) is 5.32 Å². The highest BCUT2D eigenvalue weighted by atomic mass is 19.4. The molecule has 2 fully saturated rings. The fourth-order valence-electron chi connectivity index (χ4n) is 4.08. The van der Waals surface area contributed by atoms with E-state index in [1.807, 2.05) is 0 Å². The van der Waals surface area contributed by atoms with Gasteiger partial charge in [-0.25, -0.2) is 0 Å². The Labute approximate surface area is 123 Å². The van der Waals surface area contributed by atoms with Gasteiger partial charge in [-0.1, -0.05) is 37.8 Å². The van der Waals surface area contributed by atoms with Crippen LogP contribution in [0.1, 0.15) is 50.5 Å². The van der Waals surface area contributed by atoms with Crippen LogP contribution in [0.3, 0.4) is 0 Å². The Kier molecular flexibility index (Phi) is 4.14. The van der Waals surface area contributed by atoms with E-state index < -0.39 is 11.7 Å². The van der Waals surface area contributed by atoms with E-state index in [1.54, 1.807) is 12.1 Å². The van der Waals surface area contributed by atoms with Crippen molar-refractivity contribution in [3.05, 3.63) is 29.8 Å². The van der Waals surface area contributed by atoms with Crippen molar-refractivity contribution in [2.24, 2.45) is 11.8 Å². The number of halogens is 3. The molecule has 1 N–H and O–H groups in total. The summed E-state index contributed by atoms with van der Waals surface area (Å²) >= 11 is 0. The summed E-state index contributed by atoms with van der Waals surface area (Å²) in [5, 5.41) is 3.17. The average Bonchev–Trinajstić information content (AvgIpc) is 2.46. The molecule has 0 spiro atoms. The third kappa shape index (κ3) is 3.35. The first-order valence-electron chi connectivity index (χ1n) is 7.97. The zero-order valence-corrected chi connectivity index (χ0v) is 12.1. The summed E-state index contributed by atoms with van der Waals surface area (Å²) in [6.45, 7) is 0. The maximum Gasteiger partial charge on any atom is 0.418 e. The standard InChI is InChI=1S/C17H22F3N/c18-17(19,20)15-7-3-4-8-16(15)21-14-10-9-12-5-1-2-6-13(12)11-14/h3-4,7-8,12-14,21H,1-2,5-6,9-11H2. The van der Waals surface area contributed by atoms with Crippen molar-refractivity contribution in [2.45, 2.75) is 57.2 Å². The highest BCUT2D eigenvalue weighted by Crippen LogP contribution is 2.42. The molecule has 1 nitrogen and oxygen atoms in total. The van der Waals surface area contributed by atoms with Gasteiger partial charge >= 0.3 is 6.18 Å². The Morgan fingerprint density at radius 3 is 2.38 bits per heavy atom. The van der Waals surface area contributed by atoms with Crippen molar-refractivity contribution in [3.63, 3.8) is 0 Å². The Balaban J connectivity index is 1.70. The summed E-state index contributed by atoms with van der Waals surface area (Å²) in [6, 6.07) is 6.02. The lowest BCUT2D eigenvalue weighted by molar-refractivity contribution is -0.137. The van der Waals surface area contributed by atoms with Crippen LogP contribution in [0.15, 0.2) is 24.3 Å². The topological polar surface area (TPSA) is 12.0 Å². The van der Waals surface area contributed by atoms with Crippen LogP contribution in [0.5, 0.6) is 0 Å². The van der Waals surface area contributed by atoms with Crippen molar-refractivity contribution >= 4 is 5.69 Å². The molecule has 0 aliphatic heterocycles. The lowest BCUT2D eigenvalue weighted by atomic mass is 9.69. The minimum absolute atomic E-state index is 0.188. The minimum Gasteiger partial charge on any atom is -0.382 e. The summed E-state index contributed by atoms with van der Waals surface area (Å²) in [4.78, 5) is 0. The second-order valence-corrected chi connectivity index (χ2v) is 6.50. The van der Waals surface area contributed by atoms with Gasteiger partial charge in [0, 0.05) is 11.7 Å². The molecule has 0 saturated heterocycles. The predicted molar refractivity (Wildman–Crippen MR) is 78.2 cm³/mol. The third-order valence-corrected chi connectivity index (χ3v) is 5.13. The Hall–Kier alpha value is -1.19. The van der Waals surface area contributed by atoms with Gasteiger partial charge in [-0.2, -0.15) is 13.2 Å². The number of para-hydroxylation sites is 1. The molecule has 2 saturated carbocycles. The van der Waals surface area contributed by atoms with Crippen LogP contribution in [0.2, 0.25) is 0 Å². The van der Waals surface area contributed by atoms with E-state index >= 15 is 0 Å².